The zero-order valence-corrected chi connectivity index (χ0v) is 14.3. The number of fused-ring (bicyclic) bond motifs is 1. The molecule has 0 saturated carbocycles. The van der Waals surface area contributed by atoms with Crippen LogP contribution >= 0.6 is 0 Å². The van der Waals surface area contributed by atoms with Crippen LogP contribution in [0.4, 0.5) is 10.2 Å². The lowest BCUT2D eigenvalue weighted by Crippen LogP contribution is -2.36. The topological polar surface area (TPSA) is 58.4 Å². The van der Waals surface area contributed by atoms with E-state index in [0.717, 1.165) is 17.6 Å². The van der Waals surface area contributed by atoms with E-state index in [-0.39, 0.29) is 24.3 Å². The van der Waals surface area contributed by atoms with Gasteiger partial charge in [-0.05, 0) is 49.7 Å². The van der Waals surface area contributed by atoms with E-state index in [4.69, 9.17) is 0 Å². The molecular formula is C19H21FN4O. The van der Waals surface area contributed by atoms with E-state index >= 15 is 0 Å². The van der Waals surface area contributed by atoms with Crippen molar-refractivity contribution in [2.75, 3.05) is 11.9 Å². The van der Waals surface area contributed by atoms with Crippen molar-refractivity contribution in [3.8, 4) is 11.3 Å². The van der Waals surface area contributed by atoms with Crippen molar-refractivity contribution in [1.29, 1.82) is 0 Å². The first-order valence-corrected chi connectivity index (χ1v) is 8.34. The van der Waals surface area contributed by atoms with Crippen LogP contribution in [0.5, 0.6) is 0 Å². The second kappa shape index (κ2) is 7.34. The number of benzene rings is 1. The van der Waals surface area contributed by atoms with Gasteiger partial charge in [-0.3, -0.25) is 9.20 Å². The number of hydrogen-bond acceptors (Lipinski definition) is 3. The number of pyridine rings is 1. The molecule has 0 aliphatic heterocycles. The van der Waals surface area contributed by atoms with Crippen molar-refractivity contribution in [2.45, 2.75) is 26.3 Å². The number of hydrogen-bond donors (Lipinski definition) is 2. The van der Waals surface area contributed by atoms with Gasteiger partial charge in [-0.15, -0.1) is 0 Å². The first-order valence-electron chi connectivity index (χ1n) is 8.34. The number of amides is 1. The lowest BCUT2D eigenvalue weighted by atomic mass is 10.1. The van der Waals surface area contributed by atoms with Crippen LogP contribution in [0.1, 0.15) is 20.3 Å². The van der Waals surface area contributed by atoms with Crippen LogP contribution in [0.15, 0.2) is 48.7 Å². The molecule has 2 N–H and O–H groups in total. The summed E-state index contributed by atoms with van der Waals surface area (Å²) in [6.45, 7) is 4.13. The molecule has 25 heavy (non-hydrogen) atoms. The molecule has 1 unspecified atom stereocenters. The maximum absolute atomic E-state index is 13.2. The SMILES string of the molecule is CCC(C)NC(=O)CNc1c(-c2ccc(F)cc2)nc2ccccn12. The number of halogens is 1. The molecule has 3 rings (SSSR count). The number of rotatable bonds is 6. The standard InChI is InChI=1S/C19H21FN4O/c1-3-13(2)22-17(25)12-21-19-18(14-7-9-15(20)10-8-14)23-16-6-4-5-11-24(16)19/h4-11,13,21H,3,12H2,1-2H3,(H,22,25). The maximum atomic E-state index is 13.2. The van der Waals surface area contributed by atoms with Gasteiger partial charge < -0.3 is 10.6 Å². The van der Waals surface area contributed by atoms with Gasteiger partial charge >= 0.3 is 0 Å². The second-order valence-corrected chi connectivity index (χ2v) is 5.98. The Balaban J connectivity index is 1.91. The van der Waals surface area contributed by atoms with Gasteiger partial charge in [0.25, 0.3) is 0 Å². The first-order chi connectivity index (χ1) is 12.1. The van der Waals surface area contributed by atoms with Gasteiger partial charge in [-0.25, -0.2) is 9.37 Å². The second-order valence-electron chi connectivity index (χ2n) is 5.98. The largest absolute Gasteiger partial charge is 0.360 e. The van der Waals surface area contributed by atoms with Crippen LogP contribution in [0, 0.1) is 5.82 Å². The average Bonchev–Trinajstić information content (AvgIpc) is 2.99. The van der Waals surface area contributed by atoms with Crippen molar-refractivity contribution in [2.24, 2.45) is 0 Å². The van der Waals surface area contributed by atoms with E-state index < -0.39 is 0 Å². The van der Waals surface area contributed by atoms with Gasteiger partial charge in [0, 0.05) is 17.8 Å². The molecule has 1 aromatic carbocycles. The molecule has 1 atom stereocenters. The van der Waals surface area contributed by atoms with Crippen molar-refractivity contribution < 1.29 is 9.18 Å². The van der Waals surface area contributed by atoms with Gasteiger partial charge in [0.2, 0.25) is 5.91 Å². The van der Waals surface area contributed by atoms with Crippen LogP contribution < -0.4 is 10.6 Å². The predicted octanol–water partition coefficient (Wildman–Crippen LogP) is 3.47. The summed E-state index contributed by atoms with van der Waals surface area (Å²) in [4.78, 5) is 16.7. The Bertz CT molecular complexity index is 873. The monoisotopic (exact) mass is 340 g/mol. The lowest BCUT2D eigenvalue weighted by Gasteiger charge is -2.13. The molecule has 6 heteroatoms. The summed E-state index contributed by atoms with van der Waals surface area (Å²) in [7, 11) is 0. The molecular weight excluding hydrogens is 319 g/mol. The minimum Gasteiger partial charge on any atom is -0.360 e. The number of aromatic nitrogens is 2. The van der Waals surface area contributed by atoms with Crippen LogP contribution in [-0.2, 0) is 4.79 Å². The van der Waals surface area contributed by atoms with Crippen LogP contribution in [0.3, 0.4) is 0 Å². The molecule has 1 amide bonds. The lowest BCUT2D eigenvalue weighted by molar-refractivity contribution is -0.120. The molecule has 130 valence electrons. The normalized spacial score (nSPS) is 12.1. The predicted molar refractivity (Wildman–Crippen MR) is 97.0 cm³/mol. The smallest absolute Gasteiger partial charge is 0.239 e. The van der Waals surface area contributed by atoms with Crippen molar-refractivity contribution in [1.82, 2.24) is 14.7 Å². The Morgan fingerprint density at radius 3 is 2.72 bits per heavy atom. The molecule has 0 aliphatic carbocycles. The summed E-state index contributed by atoms with van der Waals surface area (Å²) < 4.78 is 15.1. The van der Waals surface area contributed by atoms with E-state index in [2.05, 4.69) is 15.6 Å². The van der Waals surface area contributed by atoms with Gasteiger partial charge in [-0.2, -0.15) is 0 Å². The minimum atomic E-state index is -0.296. The summed E-state index contributed by atoms with van der Waals surface area (Å²) in [5.74, 6) is 0.335. The highest BCUT2D eigenvalue weighted by Crippen LogP contribution is 2.28. The van der Waals surface area contributed by atoms with Crippen LogP contribution in [-0.4, -0.2) is 27.9 Å². The number of carbonyl (C=O) groups excluding carboxylic acids is 1. The highest BCUT2D eigenvalue weighted by atomic mass is 19.1. The Morgan fingerprint density at radius 1 is 1.24 bits per heavy atom. The Labute approximate surface area is 145 Å². The number of carbonyl (C=O) groups is 1. The van der Waals surface area contributed by atoms with Crippen LogP contribution in [0.25, 0.3) is 16.9 Å². The molecule has 2 heterocycles. The van der Waals surface area contributed by atoms with Crippen molar-refractivity contribution in [3.63, 3.8) is 0 Å². The fraction of sp³-hybridized carbons (Fsp3) is 0.263. The van der Waals surface area contributed by atoms with Gasteiger partial charge in [0.1, 0.15) is 23.0 Å². The Kier molecular flexibility index (Phi) is 4.97. The van der Waals surface area contributed by atoms with E-state index in [1.54, 1.807) is 12.1 Å². The molecule has 0 fully saturated rings. The van der Waals surface area contributed by atoms with E-state index in [0.29, 0.717) is 11.5 Å². The average molecular weight is 340 g/mol. The minimum absolute atomic E-state index is 0.0784. The summed E-state index contributed by atoms with van der Waals surface area (Å²) in [5, 5.41) is 6.10. The number of nitrogens with one attached hydrogen (secondary N) is 2. The molecule has 2 aromatic heterocycles. The molecule has 3 aromatic rings. The molecule has 0 radical (unpaired) electrons. The zero-order chi connectivity index (χ0) is 17.8. The Morgan fingerprint density at radius 2 is 2.00 bits per heavy atom. The van der Waals surface area contributed by atoms with Gasteiger partial charge in [0.15, 0.2) is 0 Å². The first kappa shape index (κ1) is 17.0. The quantitative estimate of drug-likeness (QED) is 0.722. The van der Waals surface area contributed by atoms with Crippen molar-refractivity contribution in [3.05, 3.63) is 54.5 Å². The van der Waals surface area contributed by atoms with Gasteiger partial charge in [0.05, 0.1) is 6.54 Å². The molecule has 0 spiro atoms. The van der Waals surface area contributed by atoms with E-state index in [9.17, 15) is 9.18 Å². The van der Waals surface area contributed by atoms with Crippen molar-refractivity contribution >= 4 is 17.4 Å². The summed E-state index contributed by atoms with van der Waals surface area (Å²) in [5.41, 5.74) is 2.23. The number of imidazole rings is 1. The van der Waals surface area contributed by atoms with Gasteiger partial charge in [-0.1, -0.05) is 13.0 Å². The number of nitrogens with zero attached hydrogens (tertiary/aromatic N) is 2. The summed E-state index contributed by atoms with van der Waals surface area (Å²) >= 11 is 0. The number of anilines is 1. The fourth-order valence-electron chi connectivity index (χ4n) is 2.57. The third kappa shape index (κ3) is 3.79. The fourth-order valence-corrected chi connectivity index (χ4v) is 2.57. The molecule has 0 bridgehead atoms. The maximum Gasteiger partial charge on any atom is 0.239 e. The van der Waals surface area contributed by atoms with Crippen LogP contribution in [0.2, 0.25) is 0 Å². The molecule has 5 nitrogen and oxygen atoms in total. The molecule has 0 saturated heterocycles. The highest BCUT2D eigenvalue weighted by molar-refractivity contribution is 5.83. The third-order valence-corrected chi connectivity index (χ3v) is 4.08. The van der Waals surface area contributed by atoms with E-state index in [1.165, 1.54) is 12.1 Å². The zero-order valence-electron chi connectivity index (χ0n) is 14.3. The molecule has 0 aliphatic rings. The Hall–Kier alpha value is -2.89. The third-order valence-electron chi connectivity index (χ3n) is 4.08. The summed E-state index contributed by atoms with van der Waals surface area (Å²) in [6.07, 6.45) is 2.76. The summed E-state index contributed by atoms with van der Waals surface area (Å²) in [6, 6.07) is 12.0. The van der Waals surface area contributed by atoms with E-state index in [1.807, 2.05) is 42.6 Å². The highest BCUT2D eigenvalue weighted by Gasteiger charge is 2.15.